The first-order chi connectivity index (χ1) is 19.9. The van der Waals surface area contributed by atoms with Gasteiger partial charge in [-0.2, -0.15) is 0 Å². The largest absolute Gasteiger partial charge is 0.256 e. The Kier molecular flexibility index (Phi) is 5.21. The van der Waals surface area contributed by atoms with Crippen molar-refractivity contribution in [3.63, 3.8) is 0 Å². The number of pyridine rings is 1. The minimum atomic E-state index is 1.02. The van der Waals surface area contributed by atoms with Crippen molar-refractivity contribution in [3.8, 4) is 33.4 Å². The molecule has 0 saturated heterocycles. The van der Waals surface area contributed by atoms with Crippen molar-refractivity contribution < 1.29 is 0 Å². The fourth-order valence-corrected chi connectivity index (χ4v) is 6.31. The molecule has 1 nitrogen and oxygen atoms in total. The molecular weight excluding hydrogens is 482 g/mol. The third-order valence-electron chi connectivity index (χ3n) is 8.09. The summed E-state index contributed by atoms with van der Waals surface area (Å²) in [6.45, 7) is 0. The summed E-state index contributed by atoms with van der Waals surface area (Å²) >= 11 is 0. The van der Waals surface area contributed by atoms with E-state index in [4.69, 9.17) is 4.98 Å². The van der Waals surface area contributed by atoms with Crippen LogP contribution in [0.1, 0.15) is 0 Å². The Morgan fingerprint density at radius 1 is 0.350 bits per heavy atom. The highest BCUT2D eigenvalue weighted by atomic mass is 14.7. The second kappa shape index (κ2) is 9.18. The number of hydrogen-bond donors (Lipinski definition) is 0. The van der Waals surface area contributed by atoms with Crippen molar-refractivity contribution in [3.05, 3.63) is 152 Å². The van der Waals surface area contributed by atoms with Gasteiger partial charge in [0.15, 0.2) is 0 Å². The quantitative estimate of drug-likeness (QED) is 0.217. The van der Waals surface area contributed by atoms with Crippen LogP contribution in [0.2, 0.25) is 0 Å². The Balaban J connectivity index is 1.46. The molecule has 0 atom stereocenters. The molecule has 0 amide bonds. The summed E-state index contributed by atoms with van der Waals surface area (Å²) in [5.74, 6) is 0. The van der Waals surface area contributed by atoms with Gasteiger partial charge in [0.2, 0.25) is 0 Å². The maximum absolute atomic E-state index is 4.95. The Morgan fingerprint density at radius 3 is 1.65 bits per heavy atom. The Hall–Kier alpha value is -5.27. The Morgan fingerprint density at radius 2 is 0.925 bits per heavy atom. The Bertz CT molecular complexity index is 2150. The lowest BCUT2D eigenvalue weighted by molar-refractivity contribution is 1.41. The number of fused-ring (bicyclic) bond motifs is 4. The molecule has 0 radical (unpaired) electrons. The van der Waals surface area contributed by atoms with Crippen LogP contribution in [0.4, 0.5) is 0 Å². The first kappa shape index (κ1) is 22.7. The molecule has 0 unspecified atom stereocenters. The predicted octanol–water partition coefficient (Wildman–Crippen LogP) is 10.7. The van der Waals surface area contributed by atoms with Crippen LogP contribution in [0.3, 0.4) is 0 Å². The molecule has 1 aromatic heterocycles. The van der Waals surface area contributed by atoms with E-state index in [0.29, 0.717) is 0 Å². The summed E-state index contributed by atoms with van der Waals surface area (Å²) in [5.41, 5.74) is 8.34. The van der Waals surface area contributed by atoms with E-state index < -0.39 is 0 Å². The topological polar surface area (TPSA) is 12.9 Å². The molecule has 0 saturated carbocycles. The first-order valence-electron chi connectivity index (χ1n) is 13.7. The maximum atomic E-state index is 4.95. The van der Waals surface area contributed by atoms with Gasteiger partial charge in [-0.1, -0.05) is 133 Å². The smallest absolute Gasteiger partial charge is 0.0786 e. The van der Waals surface area contributed by atoms with Crippen LogP contribution in [0, 0.1) is 0 Å². The average Bonchev–Trinajstić information content (AvgIpc) is 3.03. The minimum Gasteiger partial charge on any atom is -0.256 e. The molecule has 7 aromatic carbocycles. The van der Waals surface area contributed by atoms with Crippen LogP contribution in [0.25, 0.3) is 76.6 Å². The normalized spacial score (nSPS) is 11.5. The molecule has 1 heterocycles. The van der Waals surface area contributed by atoms with Crippen molar-refractivity contribution in [2.75, 3.05) is 0 Å². The number of aromatic nitrogens is 1. The highest BCUT2D eigenvalue weighted by Crippen LogP contribution is 2.46. The van der Waals surface area contributed by atoms with Crippen molar-refractivity contribution in [1.29, 1.82) is 0 Å². The van der Waals surface area contributed by atoms with E-state index in [2.05, 4.69) is 146 Å². The van der Waals surface area contributed by atoms with Gasteiger partial charge >= 0.3 is 0 Å². The molecule has 0 fully saturated rings. The number of rotatable bonds is 3. The van der Waals surface area contributed by atoms with Gasteiger partial charge < -0.3 is 0 Å². The van der Waals surface area contributed by atoms with Gasteiger partial charge in [-0.3, -0.25) is 4.98 Å². The van der Waals surface area contributed by atoms with E-state index in [1.54, 1.807) is 0 Å². The van der Waals surface area contributed by atoms with Gasteiger partial charge in [-0.05, 0) is 72.3 Å². The second-order valence-electron chi connectivity index (χ2n) is 10.3. The maximum Gasteiger partial charge on any atom is 0.0786 e. The van der Waals surface area contributed by atoms with Crippen LogP contribution in [0.5, 0.6) is 0 Å². The van der Waals surface area contributed by atoms with E-state index in [1.807, 2.05) is 6.20 Å². The second-order valence-corrected chi connectivity index (χ2v) is 10.3. The molecule has 8 aromatic rings. The van der Waals surface area contributed by atoms with Gasteiger partial charge in [0.25, 0.3) is 0 Å². The summed E-state index contributed by atoms with van der Waals surface area (Å²) in [4.78, 5) is 4.95. The van der Waals surface area contributed by atoms with Gasteiger partial charge in [0.1, 0.15) is 0 Å². The number of benzene rings is 7. The SMILES string of the molecule is c1ccc(-c2c3ccccc3c(-c3ccc(-c4ccc5ccccc5c4)c4ncccc34)c3ccccc23)cc1. The molecule has 40 heavy (non-hydrogen) atoms. The molecule has 1 heteroatoms. The van der Waals surface area contributed by atoms with E-state index in [-0.39, 0.29) is 0 Å². The van der Waals surface area contributed by atoms with Crippen molar-refractivity contribution in [1.82, 2.24) is 4.98 Å². The molecule has 0 bridgehead atoms. The third-order valence-corrected chi connectivity index (χ3v) is 8.09. The van der Waals surface area contributed by atoms with Crippen LogP contribution in [-0.4, -0.2) is 4.98 Å². The summed E-state index contributed by atoms with van der Waals surface area (Å²) in [5, 5.41) is 8.68. The lowest BCUT2D eigenvalue weighted by Crippen LogP contribution is -1.93. The molecule has 0 spiro atoms. The number of hydrogen-bond acceptors (Lipinski definition) is 1. The highest BCUT2D eigenvalue weighted by molar-refractivity contribution is 6.23. The van der Waals surface area contributed by atoms with Crippen LogP contribution < -0.4 is 0 Å². The predicted molar refractivity (Wildman–Crippen MR) is 171 cm³/mol. The molecular formula is C39H25N. The summed E-state index contributed by atoms with van der Waals surface area (Å²) in [6.07, 6.45) is 1.91. The van der Waals surface area contributed by atoms with Crippen LogP contribution >= 0.6 is 0 Å². The summed E-state index contributed by atoms with van der Waals surface area (Å²) < 4.78 is 0. The highest BCUT2D eigenvalue weighted by Gasteiger charge is 2.19. The lowest BCUT2D eigenvalue weighted by atomic mass is 9.84. The van der Waals surface area contributed by atoms with Crippen LogP contribution in [-0.2, 0) is 0 Å². The molecule has 0 N–H and O–H groups in total. The van der Waals surface area contributed by atoms with Gasteiger partial charge in [0.05, 0.1) is 5.52 Å². The molecule has 8 rings (SSSR count). The van der Waals surface area contributed by atoms with E-state index in [1.165, 1.54) is 60.1 Å². The van der Waals surface area contributed by atoms with E-state index in [0.717, 1.165) is 16.5 Å². The summed E-state index contributed by atoms with van der Waals surface area (Å²) in [7, 11) is 0. The fourth-order valence-electron chi connectivity index (χ4n) is 6.31. The average molecular weight is 508 g/mol. The lowest BCUT2D eigenvalue weighted by Gasteiger charge is -2.19. The van der Waals surface area contributed by atoms with Crippen LogP contribution in [0.15, 0.2) is 152 Å². The van der Waals surface area contributed by atoms with Gasteiger partial charge in [-0.15, -0.1) is 0 Å². The zero-order valence-corrected chi connectivity index (χ0v) is 21.9. The molecule has 186 valence electrons. The first-order valence-corrected chi connectivity index (χ1v) is 13.7. The zero-order valence-electron chi connectivity index (χ0n) is 21.9. The van der Waals surface area contributed by atoms with Crippen molar-refractivity contribution in [2.45, 2.75) is 0 Å². The standard InChI is InChI=1S/C39H25N/c1-2-12-27(13-3-1)37-31-15-6-8-17-33(31)38(34-18-9-7-16-32(34)37)35-23-22-30(39-36(35)19-10-24-40-39)29-21-20-26-11-4-5-14-28(26)25-29/h1-25H. The monoisotopic (exact) mass is 507 g/mol. The zero-order chi connectivity index (χ0) is 26.5. The molecule has 0 aliphatic rings. The fraction of sp³-hybridized carbons (Fsp3) is 0. The number of nitrogens with zero attached hydrogens (tertiary/aromatic N) is 1. The van der Waals surface area contributed by atoms with Gasteiger partial charge in [0, 0.05) is 17.1 Å². The summed E-state index contributed by atoms with van der Waals surface area (Å²) in [6, 6.07) is 52.5. The minimum absolute atomic E-state index is 1.02. The van der Waals surface area contributed by atoms with E-state index >= 15 is 0 Å². The van der Waals surface area contributed by atoms with Gasteiger partial charge in [-0.25, -0.2) is 0 Å². The Labute approximate surface area is 233 Å². The van der Waals surface area contributed by atoms with Crippen molar-refractivity contribution >= 4 is 43.2 Å². The van der Waals surface area contributed by atoms with E-state index in [9.17, 15) is 0 Å². The molecule has 0 aliphatic carbocycles. The van der Waals surface area contributed by atoms with Crippen molar-refractivity contribution in [2.24, 2.45) is 0 Å². The third kappa shape index (κ3) is 3.52. The molecule has 0 aliphatic heterocycles.